The molecule has 3 aromatic rings. The molecule has 0 aliphatic heterocycles. The molecule has 2 aromatic carbocycles. The van der Waals surface area contributed by atoms with Crippen molar-refractivity contribution in [3.05, 3.63) is 59.5 Å². The monoisotopic (exact) mass is 281 g/mol. The van der Waals surface area contributed by atoms with Crippen LogP contribution in [0.3, 0.4) is 0 Å². The van der Waals surface area contributed by atoms with Gasteiger partial charge in [-0.2, -0.15) is 0 Å². The summed E-state index contributed by atoms with van der Waals surface area (Å²) in [5.74, 6) is 0. The van der Waals surface area contributed by atoms with Crippen LogP contribution in [0.4, 0.5) is 5.69 Å². The van der Waals surface area contributed by atoms with E-state index in [1.807, 2.05) is 36.4 Å². The first-order valence-electron chi connectivity index (χ1n) is 6.37. The molecule has 0 radical (unpaired) electrons. The number of hydrogen-bond acceptors (Lipinski definition) is 4. The summed E-state index contributed by atoms with van der Waals surface area (Å²) >= 11 is 1.64. The molecular weight excluding hydrogens is 266 g/mol. The maximum absolute atomic E-state index is 5.70. The molecule has 4 heteroatoms. The van der Waals surface area contributed by atoms with Crippen LogP contribution in [0, 0.1) is 0 Å². The zero-order valence-corrected chi connectivity index (χ0v) is 11.7. The van der Waals surface area contributed by atoms with Crippen LogP contribution < -0.4 is 11.5 Å². The summed E-state index contributed by atoms with van der Waals surface area (Å²) in [6.45, 7) is 0.546. The van der Waals surface area contributed by atoms with Gasteiger partial charge in [-0.25, -0.2) is 4.98 Å². The normalized spacial score (nSPS) is 10.7. The Balaban J connectivity index is 1.95. The minimum absolute atomic E-state index is 0.546. The van der Waals surface area contributed by atoms with E-state index in [0.29, 0.717) is 6.54 Å². The van der Waals surface area contributed by atoms with Gasteiger partial charge in [-0.1, -0.05) is 30.3 Å². The second-order valence-corrected chi connectivity index (χ2v) is 5.42. The van der Waals surface area contributed by atoms with E-state index in [9.17, 15) is 0 Å². The molecule has 0 aliphatic rings. The van der Waals surface area contributed by atoms with E-state index in [0.717, 1.165) is 33.1 Å². The smallest absolute Gasteiger partial charge is 0.124 e. The van der Waals surface area contributed by atoms with Gasteiger partial charge in [0.2, 0.25) is 0 Å². The van der Waals surface area contributed by atoms with Crippen molar-refractivity contribution in [2.24, 2.45) is 5.73 Å². The standard InChI is InChI=1S/C16H15N3S/c17-9-11-2-1-3-13(8-11)16-19-15(10-20-16)12-4-6-14(18)7-5-12/h1-8,10H,9,17-18H2. The average Bonchev–Trinajstić information content (AvgIpc) is 2.98. The average molecular weight is 281 g/mol. The summed E-state index contributed by atoms with van der Waals surface area (Å²) < 4.78 is 0. The first-order chi connectivity index (χ1) is 9.76. The van der Waals surface area contributed by atoms with E-state index in [2.05, 4.69) is 17.5 Å². The van der Waals surface area contributed by atoms with Gasteiger partial charge in [-0.15, -0.1) is 11.3 Å². The number of hydrogen-bond donors (Lipinski definition) is 2. The molecule has 0 aliphatic carbocycles. The number of nitrogens with zero attached hydrogens (tertiary/aromatic N) is 1. The highest BCUT2D eigenvalue weighted by molar-refractivity contribution is 7.13. The Kier molecular flexibility index (Phi) is 3.50. The van der Waals surface area contributed by atoms with Crippen LogP contribution >= 0.6 is 11.3 Å². The number of anilines is 1. The molecule has 0 amide bonds. The molecule has 1 heterocycles. The van der Waals surface area contributed by atoms with Gasteiger partial charge < -0.3 is 11.5 Å². The molecule has 0 saturated carbocycles. The number of rotatable bonds is 3. The van der Waals surface area contributed by atoms with E-state index in [4.69, 9.17) is 16.5 Å². The molecule has 1 aromatic heterocycles. The van der Waals surface area contributed by atoms with Crippen molar-refractivity contribution in [2.75, 3.05) is 5.73 Å². The zero-order valence-electron chi connectivity index (χ0n) is 10.9. The lowest BCUT2D eigenvalue weighted by Crippen LogP contribution is -1.95. The highest BCUT2D eigenvalue weighted by atomic mass is 32.1. The fourth-order valence-electron chi connectivity index (χ4n) is 2.02. The minimum atomic E-state index is 0.546. The Morgan fingerprint density at radius 1 is 1.00 bits per heavy atom. The van der Waals surface area contributed by atoms with Crippen LogP contribution in [0.2, 0.25) is 0 Å². The van der Waals surface area contributed by atoms with Crippen LogP contribution in [-0.4, -0.2) is 4.98 Å². The van der Waals surface area contributed by atoms with E-state index >= 15 is 0 Å². The summed E-state index contributed by atoms with van der Waals surface area (Å²) in [6, 6.07) is 16.0. The van der Waals surface area contributed by atoms with Gasteiger partial charge in [0.1, 0.15) is 5.01 Å². The van der Waals surface area contributed by atoms with Gasteiger partial charge in [0.15, 0.2) is 0 Å². The summed E-state index contributed by atoms with van der Waals surface area (Å²) in [7, 11) is 0. The van der Waals surface area contributed by atoms with Crippen molar-refractivity contribution >= 4 is 17.0 Å². The third-order valence-corrected chi connectivity index (χ3v) is 4.01. The van der Waals surface area contributed by atoms with Crippen molar-refractivity contribution in [2.45, 2.75) is 6.54 Å². The Labute approximate surface area is 121 Å². The van der Waals surface area contributed by atoms with Crippen molar-refractivity contribution in [3.63, 3.8) is 0 Å². The fraction of sp³-hybridized carbons (Fsp3) is 0.0625. The molecule has 0 saturated heterocycles. The summed E-state index contributed by atoms with van der Waals surface area (Å²) in [5.41, 5.74) is 16.4. The van der Waals surface area contributed by atoms with Crippen molar-refractivity contribution < 1.29 is 0 Å². The summed E-state index contributed by atoms with van der Waals surface area (Å²) in [4.78, 5) is 4.69. The Bertz CT molecular complexity index is 717. The quantitative estimate of drug-likeness (QED) is 0.722. The Hall–Kier alpha value is -2.17. The molecule has 20 heavy (non-hydrogen) atoms. The van der Waals surface area contributed by atoms with Crippen LogP contribution in [0.15, 0.2) is 53.9 Å². The number of nitrogen functional groups attached to an aromatic ring is 1. The van der Waals surface area contributed by atoms with Crippen molar-refractivity contribution in [3.8, 4) is 21.8 Å². The van der Waals surface area contributed by atoms with Gasteiger partial charge in [-0.05, 0) is 23.8 Å². The summed E-state index contributed by atoms with van der Waals surface area (Å²) in [5, 5.41) is 3.07. The largest absolute Gasteiger partial charge is 0.399 e. The molecule has 100 valence electrons. The van der Waals surface area contributed by atoms with Crippen LogP contribution in [0.1, 0.15) is 5.56 Å². The number of nitrogens with two attached hydrogens (primary N) is 2. The summed E-state index contributed by atoms with van der Waals surface area (Å²) in [6.07, 6.45) is 0. The third-order valence-electron chi connectivity index (χ3n) is 3.12. The van der Waals surface area contributed by atoms with Gasteiger partial charge in [0.25, 0.3) is 0 Å². The Morgan fingerprint density at radius 2 is 1.80 bits per heavy atom. The number of benzene rings is 2. The third kappa shape index (κ3) is 2.57. The van der Waals surface area contributed by atoms with Crippen molar-refractivity contribution in [1.29, 1.82) is 0 Å². The van der Waals surface area contributed by atoms with Gasteiger partial charge >= 0.3 is 0 Å². The van der Waals surface area contributed by atoms with Gasteiger partial charge in [-0.3, -0.25) is 0 Å². The van der Waals surface area contributed by atoms with E-state index in [1.165, 1.54) is 0 Å². The minimum Gasteiger partial charge on any atom is -0.399 e. The van der Waals surface area contributed by atoms with Crippen LogP contribution in [0.25, 0.3) is 21.8 Å². The van der Waals surface area contributed by atoms with Crippen LogP contribution in [0.5, 0.6) is 0 Å². The lowest BCUT2D eigenvalue weighted by atomic mass is 10.1. The number of aromatic nitrogens is 1. The maximum atomic E-state index is 5.70. The van der Waals surface area contributed by atoms with Gasteiger partial charge in [0.05, 0.1) is 5.69 Å². The lowest BCUT2D eigenvalue weighted by molar-refractivity contribution is 1.07. The first kappa shape index (κ1) is 12.8. The fourth-order valence-corrected chi connectivity index (χ4v) is 2.85. The molecule has 3 nitrogen and oxygen atoms in total. The molecule has 3 rings (SSSR count). The molecule has 0 bridgehead atoms. The molecule has 0 atom stereocenters. The SMILES string of the molecule is NCc1cccc(-c2nc(-c3ccc(N)cc3)cs2)c1. The molecular formula is C16H15N3S. The molecule has 4 N–H and O–H groups in total. The number of thiazole rings is 1. The zero-order chi connectivity index (χ0) is 13.9. The Morgan fingerprint density at radius 3 is 2.55 bits per heavy atom. The topological polar surface area (TPSA) is 64.9 Å². The highest BCUT2D eigenvalue weighted by Gasteiger charge is 2.07. The lowest BCUT2D eigenvalue weighted by Gasteiger charge is -2.00. The van der Waals surface area contributed by atoms with Gasteiger partial charge in [0, 0.05) is 28.7 Å². The molecule has 0 fully saturated rings. The van der Waals surface area contributed by atoms with E-state index in [1.54, 1.807) is 11.3 Å². The second-order valence-electron chi connectivity index (χ2n) is 4.56. The second kappa shape index (κ2) is 5.45. The van der Waals surface area contributed by atoms with Crippen LogP contribution in [-0.2, 0) is 6.54 Å². The predicted octanol–water partition coefficient (Wildman–Crippen LogP) is 3.52. The highest BCUT2D eigenvalue weighted by Crippen LogP contribution is 2.29. The molecule has 0 unspecified atom stereocenters. The first-order valence-corrected chi connectivity index (χ1v) is 7.25. The van der Waals surface area contributed by atoms with Crippen molar-refractivity contribution in [1.82, 2.24) is 4.98 Å². The predicted molar refractivity (Wildman–Crippen MR) is 85.3 cm³/mol. The van der Waals surface area contributed by atoms with E-state index < -0.39 is 0 Å². The molecule has 0 spiro atoms. The van der Waals surface area contributed by atoms with E-state index in [-0.39, 0.29) is 0 Å². The maximum Gasteiger partial charge on any atom is 0.124 e.